The number of nitrogens with zero attached hydrogens (tertiary/aromatic N) is 3. The molecule has 0 saturated carbocycles. The van der Waals surface area contributed by atoms with Crippen LogP contribution >= 0.6 is 7.37 Å². The minimum Gasteiger partial charge on any atom is -0.477 e. The molecule has 1 atom stereocenters. The zero-order valence-electron chi connectivity index (χ0n) is 20.1. The van der Waals surface area contributed by atoms with Crippen molar-refractivity contribution in [1.29, 1.82) is 0 Å². The van der Waals surface area contributed by atoms with E-state index in [0.29, 0.717) is 42.1 Å². The van der Waals surface area contributed by atoms with Gasteiger partial charge in [-0.15, -0.1) is 0 Å². The Morgan fingerprint density at radius 2 is 1.71 bits per heavy atom. The van der Waals surface area contributed by atoms with Crippen LogP contribution in [0, 0.1) is 10.1 Å². The van der Waals surface area contributed by atoms with Gasteiger partial charge in [-0.1, -0.05) is 37.3 Å². The Bertz CT molecular complexity index is 1140. The molecule has 0 aliphatic rings. The Kier molecular flexibility index (Phi) is 10.4. The first-order valence-corrected chi connectivity index (χ1v) is 12.8. The first-order chi connectivity index (χ1) is 16.3. The van der Waals surface area contributed by atoms with Crippen LogP contribution in [0.2, 0.25) is 0 Å². The van der Waals surface area contributed by atoms with Crippen molar-refractivity contribution in [1.82, 2.24) is 15.3 Å². The summed E-state index contributed by atoms with van der Waals surface area (Å²) in [5.41, 5.74) is 2.66. The summed E-state index contributed by atoms with van der Waals surface area (Å²) in [6, 6.07) is 12.7. The van der Waals surface area contributed by atoms with Crippen molar-refractivity contribution < 1.29 is 23.5 Å². The molecule has 1 N–H and O–H groups in total. The van der Waals surface area contributed by atoms with Crippen LogP contribution in [0.5, 0.6) is 11.8 Å². The molecule has 0 bridgehead atoms. The summed E-state index contributed by atoms with van der Waals surface area (Å²) >= 11 is 0. The van der Waals surface area contributed by atoms with Gasteiger partial charge in [0.2, 0.25) is 7.37 Å². The highest BCUT2D eigenvalue weighted by molar-refractivity contribution is 7.58. The second kappa shape index (κ2) is 13.0. The zero-order valence-corrected chi connectivity index (χ0v) is 21.0. The molecule has 2 aromatic carbocycles. The Labute approximate surface area is 199 Å². The summed E-state index contributed by atoms with van der Waals surface area (Å²) < 4.78 is 27.6. The van der Waals surface area contributed by atoms with Crippen LogP contribution in [0.15, 0.2) is 42.5 Å². The molecule has 0 fully saturated rings. The van der Waals surface area contributed by atoms with E-state index in [2.05, 4.69) is 15.3 Å². The van der Waals surface area contributed by atoms with Gasteiger partial charge >= 0.3 is 0 Å². The van der Waals surface area contributed by atoms with Crippen LogP contribution in [0.3, 0.4) is 0 Å². The largest absolute Gasteiger partial charge is 0.477 e. The van der Waals surface area contributed by atoms with E-state index < -0.39 is 12.3 Å². The number of methoxy groups -OCH3 is 2. The molecule has 0 radical (unpaired) electrons. The van der Waals surface area contributed by atoms with Crippen LogP contribution < -0.4 is 14.8 Å². The summed E-state index contributed by atoms with van der Waals surface area (Å²) in [6.07, 6.45) is 1.16. The molecule has 1 unspecified atom stereocenters. The summed E-state index contributed by atoms with van der Waals surface area (Å²) in [6.45, 7) is 4.76. The fraction of sp³-hybridized carbons (Fsp3) is 0.391. The number of hydrogen-bond donors (Lipinski definition) is 1. The van der Waals surface area contributed by atoms with Crippen LogP contribution in [0.25, 0.3) is 11.0 Å². The third-order valence-corrected chi connectivity index (χ3v) is 7.39. The predicted molar refractivity (Wildman–Crippen MR) is 132 cm³/mol. The Morgan fingerprint density at radius 1 is 1.06 bits per heavy atom. The predicted octanol–water partition coefficient (Wildman–Crippen LogP) is 4.80. The fourth-order valence-electron chi connectivity index (χ4n) is 3.22. The average molecular weight is 490 g/mol. The van der Waals surface area contributed by atoms with E-state index in [1.807, 2.05) is 44.2 Å². The van der Waals surface area contributed by atoms with E-state index in [0.717, 1.165) is 5.56 Å². The van der Waals surface area contributed by atoms with Crippen molar-refractivity contribution >= 4 is 24.1 Å². The van der Waals surface area contributed by atoms with Gasteiger partial charge in [0.1, 0.15) is 5.52 Å². The van der Waals surface area contributed by atoms with Crippen LogP contribution in [0.1, 0.15) is 25.0 Å². The maximum absolute atomic E-state index is 12.1. The van der Waals surface area contributed by atoms with Gasteiger partial charge in [0.15, 0.2) is 0 Å². The van der Waals surface area contributed by atoms with Crippen molar-refractivity contribution in [3.05, 3.63) is 63.7 Å². The first kappa shape index (κ1) is 27.2. The molecule has 10 nitrogen and oxygen atoms in total. The number of aromatic nitrogens is 2. The monoisotopic (exact) mass is 490 g/mol. The molecule has 3 rings (SSSR count). The SMILES string of the molecule is CCOP(=O)(CC)Cc1ccccc1.CNCc1cc([N+](=O)[O-])cc2nc(OC)c(OC)nc12. The van der Waals surface area contributed by atoms with Gasteiger partial charge in [0.05, 0.1) is 31.3 Å². The molecule has 0 aliphatic heterocycles. The zero-order chi connectivity index (χ0) is 25.1. The van der Waals surface area contributed by atoms with Crippen molar-refractivity contribution in [2.24, 2.45) is 0 Å². The van der Waals surface area contributed by atoms with Gasteiger partial charge in [-0.2, -0.15) is 0 Å². The number of nitrogens with one attached hydrogen (secondary N) is 1. The number of benzene rings is 2. The van der Waals surface area contributed by atoms with Gasteiger partial charge in [0, 0.05) is 36.6 Å². The molecule has 11 heteroatoms. The third kappa shape index (κ3) is 7.21. The van der Waals surface area contributed by atoms with Crippen LogP contribution in [0.4, 0.5) is 5.69 Å². The quantitative estimate of drug-likeness (QED) is 0.242. The highest BCUT2D eigenvalue weighted by Crippen LogP contribution is 2.49. The first-order valence-electron chi connectivity index (χ1n) is 10.8. The molecule has 0 saturated heterocycles. The smallest absolute Gasteiger partial charge is 0.278 e. The second-order valence-electron chi connectivity index (χ2n) is 7.19. The molecule has 34 heavy (non-hydrogen) atoms. The topological polar surface area (TPSA) is 126 Å². The van der Waals surface area contributed by atoms with Crippen LogP contribution in [-0.2, 0) is 21.8 Å². The summed E-state index contributed by atoms with van der Waals surface area (Å²) in [7, 11) is 2.22. The van der Waals surface area contributed by atoms with E-state index in [1.165, 1.54) is 26.4 Å². The summed E-state index contributed by atoms with van der Waals surface area (Å²) in [5, 5.41) is 13.9. The average Bonchev–Trinajstić information content (AvgIpc) is 2.84. The Hall–Kier alpha value is -3.07. The number of fused-ring (bicyclic) bond motifs is 1. The molecule has 184 valence electrons. The highest BCUT2D eigenvalue weighted by Gasteiger charge is 2.20. The number of rotatable bonds is 10. The molecule has 3 aromatic rings. The number of nitro groups is 1. The van der Waals surface area contributed by atoms with E-state index in [-0.39, 0.29) is 17.4 Å². The number of hydrogen-bond acceptors (Lipinski definition) is 9. The van der Waals surface area contributed by atoms with Crippen molar-refractivity contribution in [3.8, 4) is 11.8 Å². The number of ether oxygens (including phenoxy) is 2. The van der Waals surface area contributed by atoms with Crippen LogP contribution in [-0.4, -0.2) is 48.9 Å². The summed E-state index contributed by atoms with van der Waals surface area (Å²) in [5.74, 6) is 0.433. The van der Waals surface area contributed by atoms with Gasteiger partial charge in [-0.05, 0) is 19.5 Å². The van der Waals surface area contributed by atoms with Crippen molar-refractivity contribution in [2.45, 2.75) is 26.6 Å². The molecule has 0 amide bonds. The number of nitro benzene ring substituents is 1. The maximum atomic E-state index is 12.1. The Balaban J connectivity index is 0.000000257. The van der Waals surface area contributed by atoms with Gasteiger partial charge in [0.25, 0.3) is 17.4 Å². The Morgan fingerprint density at radius 3 is 2.24 bits per heavy atom. The minimum absolute atomic E-state index is 0.0377. The lowest BCUT2D eigenvalue weighted by Gasteiger charge is -2.15. The molecule has 0 aliphatic carbocycles. The van der Waals surface area contributed by atoms with Gasteiger partial charge in [-0.25, -0.2) is 9.97 Å². The van der Waals surface area contributed by atoms with E-state index >= 15 is 0 Å². The summed E-state index contributed by atoms with van der Waals surface area (Å²) in [4.78, 5) is 19.0. The van der Waals surface area contributed by atoms with E-state index in [4.69, 9.17) is 14.0 Å². The highest BCUT2D eigenvalue weighted by atomic mass is 31.2. The fourth-order valence-corrected chi connectivity index (χ4v) is 4.96. The van der Waals surface area contributed by atoms with Gasteiger partial charge < -0.3 is 19.3 Å². The van der Waals surface area contributed by atoms with E-state index in [1.54, 1.807) is 7.05 Å². The van der Waals surface area contributed by atoms with E-state index in [9.17, 15) is 14.7 Å². The standard InChI is InChI=1S/C12H14N4O4.C11H17O2P/c1-13-6-7-4-8(16(17)18)5-9-10(7)15-12(20-3)11(14-9)19-2;1-3-13-14(12,4-2)10-11-8-6-5-7-9-11/h4-5,13H,6H2,1-3H3;5-9H,3-4,10H2,1-2H3. The molecule has 1 aromatic heterocycles. The maximum Gasteiger partial charge on any atom is 0.278 e. The second-order valence-corrected chi connectivity index (χ2v) is 10.0. The third-order valence-electron chi connectivity index (χ3n) is 4.85. The lowest BCUT2D eigenvalue weighted by atomic mass is 10.1. The molecule has 0 spiro atoms. The molecule has 1 heterocycles. The molecular weight excluding hydrogens is 459 g/mol. The van der Waals surface area contributed by atoms with Crippen molar-refractivity contribution in [2.75, 3.05) is 34.0 Å². The minimum atomic E-state index is -2.42. The van der Waals surface area contributed by atoms with Gasteiger partial charge in [-0.3, -0.25) is 14.7 Å². The normalized spacial score (nSPS) is 12.4. The molecular formula is C23H31N4O6P. The lowest BCUT2D eigenvalue weighted by molar-refractivity contribution is -0.384. The van der Waals surface area contributed by atoms with Crippen molar-refractivity contribution in [3.63, 3.8) is 0 Å². The lowest BCUT2D eigenvalue weighted by Crippen LogP contribution is -2.08. The number of non-ortho nitro benzene ring substituents is 1.